The van der Waals surface area contributed by atoms with Crippen molar-refractivity contribution < 1.29 is 13.6 Å². The molecular weight excluding hydrogens is 405 g/mol. The number of rotatable bonds is 9. The standard InChI is InChI=1S/C23H31ClNO3P/c1-18(2)17-22(23(15-8-16-23)19-11-13-20(24)14-12-19)25(3)29(26,27-4)28-21-9-6-5-7-10-21/h5-7,9-14,18,22H,8,15-17H2,1-4H3. The summed E-state index contributed by atoms with van der Waals surface area (Å²) in [5.74, 6) is 0.983. The van der Waals surface area contributed by atoms with Gasteiger partial charge in [0.1, 0.15) is 5.75 Å². The van der Waals surface area contributed by atoms with Gasteiger partial charge in [-0.25, -0.2) is 4.57 Å². The van der Waals surface area contributed by atoms with E-state index in [4.69, 9.17) is 20.6 Å². The molecule has 4 nitrogen and oxygen atoms in total. The molecule has 1 saturated carbocycles. The molecule has 3 rings (SSSR count). The van der Waals surface area contributed by atoms with Crippen LogP contribution in [0.1, 0.15) is 45.1 Å². The Balaban J connectivity index is 1.98. The Labute approximate surface area is 179 Å². The summed E-state index contributed by atoms with van der Waals surface area (Å²) in [6.45, 7) is 4.40. The van der Waals surface area contributed by atoms with Gasteiger partial charge in [-0.3, -0.25) is 4.52 Å². The van der Waals surface area contributed by atoms with Gasteiger partial charge in [0.05, 0.1) is 0 Å². The summed E-state index contributed by atoms with van der Waals surface area (Å²) < 4.78 is 27.1. The average Bonchev–Trinajstić information content (AvgIpc) is 2.67. The molecule has 2 unspecified atom stereocenters. The fourth-order valence-electron chi connectivity index (χ4n) is 4.35. The lowest BCUT2D eigenvalue weighted by Crippen LogP contribution is -2.53. The molecule has 0 heterocycles. The van der Waals surface area contributed by atoms with Crippen LogP contribution in [0.4, 0.5) is 0 Å². The highest BCUT2D eigenvalue weighted by atomic mass is 35.5. The van der Waals surface area contributed by atoms with E-state index < -0.39 is 7.75 Å². The lowest BCUT2D eigenvalue weighted by Gasteiger charge is -2.52. The normalized spacial score (nSPS) is 18.9. The van der Waals surface area contributed by atoms with Gasteiger partial charge in [-0.15, -0.1) is 0 Å². The third kappa shape index (κ3) is 4.72. The zero-order valence-corrected chi connectivity index (χ0v) is 19.3. The van der Waals surface area contributed by atoms with Crippen LogP contribution in [0.15, 0.2) is 54.6 Å². The van der Waals surface area contributed by atoms with Gasteiger partial charge in [0.15, 0.2) is 0 Å². The van der Waals surface area contributed by atoms with Crippen molar-refractivity contribution in [3.63, 3.8) is 0 Å². The van der Waals surface area contributed by atoms with Gasteiger partial charge in [-0.05, 0) is 62.1 Å². The maximum Gasteiger partial charge on any atom is 0.461 e. The third-order valence-electron chi connectivity index (χ3n) is 6.03. The predicted octanol–water partition coefficient (Wildman–Crippen LogP) is 6.94. The van der Waals surface area contributed by atoms with Crippen molar-refractivity contribution in [3.8, 4) is 5.75 Å². The fraction of sp³-hybridized carbons (Fsp3) is 0.478. The quantitative estimate of drug-likeness (QED) is 0.400. The number of hydrogen-bond acceptors (Lipinski definition) is 3. The molecule has 2 atom stereocenters. The molecule has 0 N–H and O–H groups in total. The molecule has 0 saturated heterocycles. The monoisotopic (exact) mass is 435 g/mol. The Hall–Kier alpha value is -1.32. The van der Waals surface area contributed by atoms with E-state index in [1.807, 2.05) is 42.0 Å². The maximum absolute atomic E-state index is 13.8. The first-order valence-electron chi connectivity index (χ1n) is 10.2. The van der Waals surface area contributed by atoms with E-state index in [1.165, 1.54) is 12.7 Å². The van der Waals surface area contributed by atoms with Crippen LogP contribution < -0.4 is 4.52 Å². The van der Waals surface area contributed by atoms with Crippen LogP contribution in [0.25, 0.3) is 0 Å². The Morgan fingerprint density at radius 3 is 2.21 bits per heavy atom. The van der Waals surface area contributed by atoms with Gasteiger partial charge in [0, 0.05) is 23.6 Å². The molecule has 0 amide bonds. The van der Waals surface area contributed by atoms with E-state index in [0.29, 0.717) is 11.7 Å². The highest BCUT2D eigenvalue weighted by molar-refractivity contribution is 7.51. The van der Waals surface area contributed by atoms with Crippen molar-refractivity contribution in [2.45, 2.75) is 51.0 Å². The van der Waals surface area contributed by atoms with Crippen molar-refractivity contribution in [1.29, 1.82) is 0 Å². The summed E-state index contributed by atoms with van der Waals surface area (Å²) in [7, 11) is -0.192. The summed E-state index contributed by atoms with van der Waals surface area (Å²) in [6.07, 6.45) is 4.14. The fourth-order valence-corrected chi connectivity index (χ4v) is 5.98. The smallest absolute Gasteiger partial charge is 0.413 e. The molecule has 0 spiro atoms. The molecule has 0 radical (unpaired) electrons. The molecule has 2 aromatic rings. The molecule has 6 heteroatoms. The Kier molecular flexibility index (Phi) is 7.11. The SMILES string of the molecule is COP(=O)(Oc1ccccc1)N(C)C(CC(C)C)C1(c2ccc(Cl)cc2)CCC1. The van der Waals surface area contributed by atoms with Gasteiger partial charge in [0.2, 0.25) is 0 Å². The lowest BCUT2D eigenvalue weighted by atomic mass is 9.59. The summed E-state index contributed by atoms with van der Waals surface area (Å²) in [5.41, 5.74) is 1.16. The average molecular weight is 436 g/mol. The summed E-state index contributed by atoms with van der Waals surface area (Å²) in [4.78, 5) is 0. The topological polar surface area (TPSA) is 38.8 Å². The van der Waals surface area contributed by atoms with Crippen molar-refractivity contribution >= 4 is 19.3 Å². The maximum atomic E-state index is 13.8. The van der Waals surface area contributed by atoms with Gasteiger partial charge in [-0.2, -0.15) is 4.67 Å². The second-order valence-corrected chi connectivity index (χ2v) is 10.8. The van der Waals surface area contributed by atoms with Crippen molar-refractivity contribution in [1.82, 2.24) is 4.67 Å². The molecule has 0 bridgehead atoms. The molecule has 29 heavy (non-hydrogen) atoms. The first-order valence-corrected chi connectivity index (χ1v) is 12.1. The minimum absolute atomic E-state index is 0.0203. The van der Waals surface area contributed by atoms with Crippen LogP contribution in [-0.4, -0.2) is 24.9 Å². The Morgan fingerprint density at radius 2 is 1.72 bits per heavy atom. The predicted molar refractivity (Wildman–Crippen MR) is 120 cm³/mol. The van der Waals surface area contributed by atoms with Crippen molar-refractivity contribution in [2.24, 2.45) is 5.92 Å². The molecular formula is C23H31ClNO3P. The lowest BCUT2D eigenvalue weighted by molar-refractivity contribution is 0.0904. The summed E-state index contributed by atoms with van der Waals surface area (Å²) in [5, 5.41) is 0.729. The van der Waals surface area contributed by atoms with Crippen LogP contribution in [0.5, 0.6) is 5.75 Å². The van der Waals surface area contributed by atoms with Gasteiger partial charge >= 0.3 is 7.75 Å². The minimum Gasteiger partial charge on any atom is -0.413 e. The first-order chi connectivity index (χ1) is 13.8. The van der Waals surface area contributed by atoms with Gasteiger partial charge < -0.3 is 4.52 Å². The second-order valence-electron chi connectivity index (χ2n) is 8.29. The molecule has 2 aromatic carbocycles. The molecule has 158 valence electrons. The summed E-state index contributed by atoms with van der Waals surface area (Å²) in [6, 6.07) is 17.4. The largest absolute Gasteiger partial charge is 0.461 e. The van der Waals surface area contributed by atoms with Crippen molar-refractivity contribution in [3.05, 3.63) is 65.2 Å². The minimum atomic E-state index is -3.52. The number of nitrogens with zero attached hydrogens (tertiary/aromatic N) is 1. The van der Waals surface area contributed by atoms with E-state index in [2.05, 4.69) is 26.0 Å². The van der Waals surface area contributed by atoms with E-state index >= 15 is 0 Å². The number of halogens is 1. The second kappa shape index (κ2) is 9.22. The molecule has 1 fully saturated rings. The van der Waals surface area contributed by atoms with Crippen molar-refractivity contribution in [2.75, 3.05) is 14.2 Å². The van der Waals surface area contributed by atoms with E-state index in [-0.39, 0.29) is 11.5 Å². The van der Waals surface area contributed by atoms with Gasteiger partial charge in [0.25, 0.3) is 0 Å². The number of benzene rings is 2. The summed E-state index contributed by atoms with van der Waals surface area (Å²) >= 11 is 6.14. The highest BCUT2D eigenvalue weighted by Crippen LogP contribution is 2.58. The zero-order chi connectivity index (χ0) is 21.1. The Bertz CT molecular complexity index is 837. The van der Waals surface area contributed by atoms with E-state index in [9.17, 15) is 4.57 Å². The van der Waals surface area contributed by atoms with Crippen LogP contribution in [0.3, 0.4) is 0 Å². The van der Waals surface area contributed by atoms with Gasteiger partial charge in [-0.1, -0.05) is 62.2 Å². The van der Waals surface area contributed by atoms with Crippen LogP contribution in [0.2, 0.25) is 5.02 Å². The molecule has 1 aliphatic carbocycles. The van der Waals surface area contributed by atoms with Crippen LogP contribution >= 0.6 is 19.3 Å². The first kappa shape index (κ1) is 22.4. The zero-order valence-electron chi connectivity index (χ0n) is 17.7. The molecule has 1 aliphatic rings. The van der Waals surface area contributed by atoms with Crippen LogP contribution in [-0.2, 0) is 14.5 Å². The number of likely N-dealkylation sites (N-methyl/N-ethyl adjacent to an activating group) is 1. The highest BCUT2D eigenvalue weighted by Gasteiger charge is 2.51. The molecule has 0 aliphatic heterocycles. The van der Waals surface area contributed by atoms with E-state index in [0.717, 1.165) is 30.7 Å². The number of para-hydroxylation sites is 1. The Morgan fingerprint density at radius 1 is 1.10 bits per heavy atom. The molecule has 0 aromatic heterocycles. The number of hydrogen-bond donors (Lipinski definition) is 0. The van der Waals surface area contributed by atoms with Crippen LogP contribution in [0, 0.1) is 5.92 Å². The van der Waals surface area contributed by atoms with E-state index in [1.54, 1.807) is 12.1 Å². The third-order valence-corrected chi connectivity index (χ3v) is 8.24.